The van der Waals surface area contributed by atoms with Crippen LogP contribution in [0.5, 0.6) is 0 Å². The van der Waals surface area contributed by atoms with Crippen molar-refractivity contribution in [2.45, 2.75) is 76.3 Å². The molecule has 2 aromatic rings. The van der Waals surface area contributed by atoms with Crippen molar-refractivity contribution < 1.29 is 38.0 Å². The van der Waals surface area contributed by atoms with Crippen LogP contribution in [0.15, 0.2) is 48.5 Å². The van der Waals surface area contributed by atoms with Gasteiger partial charge in [0.1, 0.15) is 5.54 Å². The van der Waals surface area contributed by atoms with Crippen molar-refractivity contribution in [2.75, 3.05) is 33.4 Å². The second-order valence-corrected chi connectivity index (χ2v) is 12.7. The SMILES string of the molecule is CC1(C)CN([C@@H]2C[C@@H](c3ccccc3)c3ccc(Cl)cc32)CC[N@+]1(C)COC(=O)CC1CCCCC1.[I-]. The number of ether oxygens (including phenoxy) is 1. The lowest BCUT2D eigenvalue weighted by molar-refractivity contribution is -0.974. The third-order valence-electron chi connectivity index (χ3n) is 9.51. The number of carbonyl (C=O) groups is 1. The van der Waals surface area contributed by atoms with E-state index in [0.717, 1.165) is 35.6 Å². The van der Waals surface area contributed by atoms with Crippen molar-refractivity contribution in [3.05, 3.63) is 70.2 Å². The lowest BCUT2D eigenvalue weighted by Gasteiger charge is -2.53. The minimum absolute atomic E-state index is 0. The Balaban J connectivity index is 0.00000320. The van der Waals surface area contributed by atoms with Gasteiger partial charge in [-0.3, -0.25) is 14.2 Å². The van der Waals surface area contributed by atoms with Gasteiger partial charge in [0.2, 0.25) is 6.73 Å². The smallest absolute Gasteiger partial charge is 0.310 e. The van der Waals surface area contributed by atoms with E-state index < -0.39 is 0 Å². The Morgan fingerprint density at radius 2 is 1.81 bits per heavy atom. The maximum Gasteiger partial charge on any atom is 0.310 e. The number of fused-ring (bicyclic) bond motifs is 1. The molecule has 0 N–H and O–H groups in total. The van der Waals surface area contributed by atoms with Crippen LogP contribution in [0.4, 0.5) is 0 Å². The predicted octanol–water partition coefficient (Wildman–Crippen LogP) is 3.93. The third-order valence-corrected chi connectivity index (χ3v) is 9.74. The van der Waals surface area contributed by atoms with E-state index in [1.54, 1.807) is 0 Å². The van der Waals surface area contributed by atoms with Gasteiger partial charge < -0.3 is 28.7 Å². The van der Waals surface area contributed by atoms with E-state index >= 15 is 0 Å². The Kier molecular flexibility index (Phi) is 9.30. The number of likely N-dealkylation sites (N-methyl/N-ethyl adjacent to an activating group) is 1. The van der Waals surface area contributed by atoms with Gasteiger partial charge in [-0.1, -0.05) is 67.3 Å². The van der Waals surface area contributed by atoms with Crippen LogP contribution in [0.25, 0.3) is 0 Å². The number of rotatable bonds is 6. The first-order chi connectivity index (χ1) is 17.3. The van der Waals surface area contributed by atoms with Crippen LogP contribution in [0, 0.1) is 5.92 Å². The molecule has 1 heterocycles. The summed E-state index contributed by atoms with van der Waals surface area (Å²) >= 11 is 6.49. The summed E-state index contributed by atoms with van der Waals surface area (Å²) in [5.74, 6) is 0.910. The van der Waals surface area contributed by atoms with Crippen LogP contribution in [0.3, 0.4) is 0 Å². The maximum atomic E-state index is 12.7. The topological polar surface area (TPSA) is 29.5 Å². The number of esters is 1. The van der Waals surface area contributed by atoms with Gasteiger partial charge in [0.05, 0.1) is 20.1 Å². The fraction of sp³-hybridized carbons (Fsp3) is 0.581. The van der Waals surface area contributed by atoms with E-state index in [1.807, 2.05) is 6.07 Å². The van der Waals surface area contributed by atoms with Crippen LogP contribution in [-0.2, 0) is 9.53 Å². The second kappa shape index (κ2) is 11.9. The van der Waals surface area contributed by atoms with Gasteiger partial charge in [-0.05, 0) is 67.9 Å². The molecular weight excluding hydrogens is 595 g/mol. The van der Waals surface area contributed by atoms with Crippen LogP contribution < -0.4 is 24.0 Å². The molecule has 1 saturated heterocycles. The van der Waals surface area contributed by atoms with E-state index in [2.05, 4.69) is 68.3 Å². The molecular formula is C31H42ClIN2O2. The molecule has 202 valence electrons. The molecule has 1 aliphatic heterocycles. The van der Waals surface area contributed by atoms with Crippen LogP contribution in [0.1, 0.15) is 87.4 Å². The van der Waals surface area contributed by atoms with Gasteiger partial charge >= 0.3 is 5.97 Å². The van der Waals surface area contributed by atoms with Gasteiger partial charge in [-0.2, -0.15) is 0 Å². The van der Waals surface area contributed by atoms with Crippen LogP contribution in [-0.4, -0.2) is 54.3 Å². The van der Waals surface area contributed by atoms with Crippen molar-refractivity contribution in [2.24, 2.45) is 5.92 Å². The summed E-state index contributed by atoms with van der Waals surface area (Å²) in [6.45, 7) is 8.03. The second-order valence-electron chi connectivity index (χ2n) is 12.2. The lowest BCUT2D eigenvalue weighted by Crippen LogP contribution is -3.00. The van der Waals surface area contributed by atoms with E-state index in [9.17, 15) is 4.79 Å². The summed E-state index contributed by atoms with van der Waals surface area (Å²) in [4.78, 5) is 15.3. The minimum Gasteiger partial charge on any atom is -1.00 e. The van der Waals surface area contributed by atoms with Gasteiger partial charge in [-0.15, -0.1) is 0 Å². The maximum absolute atomic E-state index is 12.7. The van der Waals surface area contributed by atoms with E-state index in [-0.39, 0.29) is 35.5 Å². The highest BCUT2D eigenvalue weighted by molar-refractivity contribution is 6.30. The van der Waals surface area contributed by atoms with Gasteiger partial charge in [-0.25, -0.2) is 0 Å². The molecule has 0 radical (unpaired) electrons. The number of piperazine rings is 1. The highest BCUT2D eigenvalue weighted by atomic mass is 127. The molecule has 3 aliphatic rings. The molecule has 37 heavy (non-hydrogen) atoms. The Morgan fingerprint density at radius 3 is 2.51 bits per heavy atom. The zero-order valence-electron chi connectivity index (χ0n) is 22.6. The van der Waals surface area contributed by atoms with Crippen molar-refractivity contribution in [3.63, 3.8) is 0 Å². The molecule has 5 rings (SSSR count). The van der Waals surface area contributed by atoms with E-state index in [0.29, 0.717) is 31.0 Å². The van der Waals surface area contributed by atoms with Crippen LogP contribution in [0.2, 0.25) is 5.02 Å². The first kappa shape index (κ1) is 28.8. The molecule has 0 bridgehead atoms. The number of halogens is 2. The Morgan fingerprint density at radius 1 is 1.08 bits per heavy atom. The van der Waals surface area contributed by atoms with Crippen LogP contribution >= 0.6 is 11.6 Å². The summed E-state index contributed by atoms with van der Waals surface area (Å²) in [7, 11) is 2.26. The van der Waals surface area contributed by atoms with Gasteiger partial charge in [0.25, 0.3) is 0 Å². The fourth-order valence-corrected chi connectivity index (χ4v) is 6.96. The molecule has 1 saturated carbocycles. The normalized spacial score (nSPS) is 27.8. The number of hydrogen-bond acceptors (Lipinski definition) is 3. The summed E-state index contributed by atoms with van der Waals surface area (Å²) in [6.07, 6.45) is 7.86. The summed E-state index contributed by atoms with van der Waals surface area (Å²) in [5.41, 5.74) is 4.13. The molecule has 2 aromatic carbocycles. The summed E-state index contributed by atoms with van der Waals surface area (Å²) in [5, 5.41) is 0.814. The number of benzene rings is 2. The molecule has 6 heteroatoms. The van der Waals surface area contributed by atoms with Gasteiger partial charge in [0, 0.05) is 29.9 Å². The fourth-order valence-electron chi connectivity index (χ4n) is 6.78. The molecule has 0 spiro atoms. The highest BCUT2D eigenvalue weighted by Gasteiger charge is 2.49. The monoisotopic (exact) mass is 636 g/mol. The Hall–Kier alpha value is -1.15. The van der Waals surface area contributed by atoms with E-state index in [4.69, 9.17) is 16.3 Å². The zero-order chi connectivity index (χ0) is 25.3. The van der Waals surface area contributed by atoms with Crippen molar-refractivity contribution in [1.82, 2.24) is 4.90 Å². The molecule has 0 unspecified atom stereocenters. The molecule has 0 aromatic heterocycles. The Bertz CT molecular complexity index is 1070. The predicted molar refractivity (Wildman–Crippen MR) is 146 cm³/mol. The molecule has 2 aliphatic carbocycles. The number of carbonyl (C=O) groups excluding carboxylic acids is 1. The van der Waals surface area contributed by atoms with Crippen molar-refractivity contribution in [1.29, 1.82) is 0 Å². The molecule has 4 nitrogen and oxygen atoms in total. The van der Waals surface area contributed by atoms with Gasteiger partial charge in [0.15, 0.2) is 0 Å². The molecule has 2 fully saturated rings. The summed E-state index contributed by atoms with van der Waals surface area (Å²) in [6, 6.07) is 17.7. The minimum atomic E-state index is -0.0348. The average Bonchev–Trinajstić information content (AvgIpc) is 3.24. The number of hydrogen-bond donors (Lipinski definition) is 0. The zero-order valence-corrected chi connectivity index (χ0v) is 25.5. The first-order valence-corrected chi connectivity index (χ1v) is 14.2. The number of nitrogens with zero attached hydrogens (tertiary/aromatic N) is 2. The standard InChI is InChI=1S/C31H42ClN2O2.HI/c1-31(2)21-33(16-17-34(31,3)22-36-30(35)18-23-10-6-4-7-11-23)29-20-27(24-12-8-5-9-13-24)26-15-14-25(32)19-28(26)29;/h5,8-9,12-15,19,23,27,29H,4,6-7,10-11,16-18,20-22H2,1-3H3;1H/q+1;/p-1/t27-,29+,34+;/m0./s1. The average molecular weight is 637 g/mol. The Labute approximate surface area is 245 Å². The van der Waals surface area contributed by atoms with Crippen molar-refractivity contribution >= 4 is 17.6 Å². The van der Waals surface area contributed by atoms with E-state index in [1.165, 1.54) is 48.8 Å². The highest BCUT2D eigenvalue weighted by Crippen LogP contribution is 2.48. The quantitative estimate of drug-likeness (QED) is 0.274. The third kappa shape index (κ3) is 6.21. The molecule has 0 amide bonds. The lowest BCUT2D eigenvalue weighted by atomic mass is 9.87. The van der Waals surface area contributed by atoms with Crippen molar-refractivity contribution in [3.8, 4) is 0 Å². The largest absolute Gasteiger partial charge is 1.00 e. The first-order valence-electron chi connectivity index (χ1n) is 13.8. The number of quaternary nitrogens is 1. The summed E-state index contributed by atoms with van der Waals surface area (Å²) < 4.78 is 6.69. The molecule has 3 atom stereocenters.